The number of nitriles is 1. The van der Waals surface area contributed by atoms with Crippen LogP contribution in [0.25, 0.3) is 16.3 Å². The Morgan fingerprint density at radius 2 is 1.89 bits per heavy atom. The molecule has 1 saturated heterocycles. The Morgan fingerprint density at radius 1 is 1.21 bits per heavy atom. The molecule has 1 aliphatic heterocycles. The number of aromatic nitrogens is 4. The third-order valence-corrected chi connectivity index (χ3v) is 9.41. The first-order chi connectivity index (χ1) is 17.8. The zero-order valence-electron chi connectivity index (χ0n) is 19.4. The van der Waals surface area contributed by atoms with Crippen molar-refractivity contribution in [3.8, 4) is 16.9 Å². The van der Waals surface area contributed by atoms with E-state index in [9.17, 15) is 40.7 Å². The highest BCUT2D eigenvalue weighted by Gasteiger charge is 2.55. The van der Waals surface area contributed by atoms with Crippen molar-refractivity contribution in [2.45, 2.75) is 48.7 Å². The van der Waals surface area contributed by atoms with E-state index in [-0.39, 0.29) is 34.5 Å². The van der Waals surface area contributed by atoms with Crippen LogP contribution in [0.1, 0.15) is 37.1 Å². The molecule has 3 aromatic rings. The monoisotopic (exact) mass is 577 g/mol. The molecule has 4 heterocycles. The number of rotatable bonds is 7. The van der Waals surface area contributed by atoms with Crippen LogP contribution in [-0.2, 0) is 10.0 Å². The van der Waals surface area contributed by atoms with Gasteiger partial charge in [-0.25, -0.2) is 22.2 Å². The van der Waals surface area contributed by atoms with Crippen LogP contribution in [-0.4, -0.2) is 64.5 Å². The molecule has 10 nitrogen and oxygen atoms in total. The van der Waals surface area contributed by atoms with Gasteiger partial charge in [0.05, 0.1) is 35.5 Å². The number of pyridine rings is 1. The molecule has 2 fully saturated rings. The van der Waals surface area contributed by atoms with E-state index in [2.05, 4.69) is 19.9 Å². The summed E-state index contributed by atoms with van der Waals surface area (Å²) in [4.78, 5) is 5.48. The second kappa shape index (κ2) is 9.07. The van der Waals surface area contributed by atoms with E-state index in [0.717, 1.165) is 0 Å². The molecule has 0 atom stereocenters. The highest BCUT2D eigenvalue weighted by molar-refractivity contribution is 7.89. The zero-order chi connectivity index (χ0) is 27.5. The van der Waals surface area contributed by atoms with E-state index in [0.29, 0.717) is 29.7 Å². The van der Waals surface area contributed by atoms with Gasteiger partial charge >= 0.3 is 6.18 Å². The van der Waals surface area contributed by atoms with Crippen LogP contribution in [0.15, 0.2) is 23.4 Å². The third-order valence-electron chi connectivity index (χ3n) is 6.98. The summed E-state index contributed by atoms with van der Waals surface area (Å²) < 4.78 is 97.4. The van der Waals surface area contributed by atoms with Crippen molar-refractivity contribution in [3.63, 3.8) is 0 Å². The number of halogens is 5. The van der Waals surface area contributed by atoms with Gasteiger partial charge in [0.15, 0.2) is 15.8 Å². The predicted octanol–water partition coefficient (Wildman–Crippen LogP) is 3.27. The molecular weight excluding hydrogens is 557 g/mol. The molecule has 5 rings (SSSR count). The number of nitrogens with one attached hydrogen (secondary N) is 1. The van der Waals surface area contributed by atoms with Crippen molar-refractivity contribution in [1.82, 2.24) is 24.3 Å². The number of anilines is 1. The van der Waals surface area contributed by atoms with Gasteiger partial charge in [-0.1, -0.05) is 11.3 Å². The largest absolute Gasteiger partial charge is 0.396 e. The van der Waals surface area contributed by atoms with Crippen LogP contribution in [0, 0.1) is 16.7 Å². The summed E-state index contributed by atoms with van der Waals surface area (Å²) in [6.07, 6.45) is -5.19. The minimum absolute atomic E-state index is 0.0144. The van der Waals surface area contributed by atoms with Crippen LogP contribution >= 0.6 is 11.3 Å². The van der Waals surface area contributed by atoms with E-state index < -0.39 is 58.0 Å². The average molecular weight is 578 g/mol. The standard InChI is InChI=1S/C21H20F5N7O3S2/c22-15(23)17-29-30-18(37-17)16-28-8-14-13(32-5-3-19(11-34,4-6-32)21(24,25)26)7-12(9-33(14)16)38(35,36)31-20(10-27)1-2-20/h7-9,15,31,34H,1-6,11H2. The summed E-state index contributed by atoms with van der Waals surface area (Å²) in [7, 11) is -4.28. The number of piperidine rings is 1. The summed E-state index contributed by atoms with van der Waals surface area (Å²) in [5.41, 5.74) is -2.98. The van der Waals surface area contributed by atoms with E-state index in [1.54, 1.807) is 4.90 Å². The molecule has 0 amide bonds. The minimum Gasteiger partial charge on any atom is -0.395 e. The van der Waals surface area contributed by atoms with Gasteiger partial charge in [0.25, 0.3) is 6.43 Å². The molecule has 0 bridgehead atoms. The normalized spacial score (nSPS) is 19.2. The molecule has 17 heteroatoms. The smallest absolute Gasteiger partial charge is 0.395 e. The molecule has 0 radical (unpaired) electrons. The van der Waals surface area contributed by atoms with Gasteiger partial charge in [0.2, 0.25) is 10.0 Å². The van der Waals surface area contributed by atoms with Crippen LogP contribution in [0.2, 0.25) is 0 Å². The van der Waals surface area contributed by atoms with Crippen molar-refractivity contribution in [2.75, 3.05) is 24.6 Å². The number of sulfonamides is 1. The molecule has 38 heavy (non-hydrogen) atoms. The second-order valence-corrected chi connectivity index (χ2v) is 12.1. The Bertz CT molecular complexity index is 1520. The number of hydrogen-bond acceptors (Lipinski definition) is 9. The number of nitrogens with zero attached hydrogens (tertiary/aromatic N) is 6. The Morgan fingerprint density at radius 3 is 2.42 bits per heavy atom. The van der Waals surface area contributed by atoms with Crippen LogP contribution in [0.5, 0.6) is 0 Å². The van der Waals surface area contributed by atoms with Crippen molar-refractivity contribution >= 4 is 32.6 Å². The Balaban J connectivity index is 1.60. The quantitative estimate of drug-likeness (QED) is 0.409. The molecule has 2 aliphatic rings. The van der Waals surface area contributed by atoms with Crippen LogP contribution in [0.3, 0.4) is 0 Å². The molecular formula is C21H20F5N7O3S2. The minimum atomic E-state index is -4.63. The second-order valence-electron chi connectivity index (χ2n) is 9.37. The maximum Gasteiger partial charge on any atom is 0.396 e. The number of aliphatic hydroxyl groups excluding tert-OH is 1. The van der Waals surface area contributed by atoms with Crippen LogP contribution < -0.4 is 9.62 Å². The van der Waals surface area contributed by atoms with Gasteiger partial charge in [0, 0.05) is 19.3 Å². The van der Waals surface area contributed by atoms with Crippen molar-refractivity contribution in [2.24, 2.45) is 5.41 Å². The number of alkyl halides is 5. The lowest BCUT2D eigenvalue weighted by molar-refractivity contribution is -0.242. The highest BCUT2D eigenvalue weighted by Crippen LogP contribution is 2.47. The first-order valence-electron chi connectivity index (χ1n) is 11.3. The summed E-state index contributed by atoms with van der Waals surface area (Å²) in [6.45, 7) is -1.37. The SMILES string of the molecule is N#CC1(NS(=O)(=O)c2cc(N3CCC(CO)(C(F)(F)F)CC3)c3cnc(-c4nnc(C(F)F)s4)n3c2)CC1. The molecule has 1 saturated carbocycles. The third kappa shape index (κ3) is 4.48. The number of imidazole rings is 1. The number of aliphatic hydroxyl groups is 1. The molecule has 0 aromatic carbocycles. The first-order valence-corrected chi connectivity index (χ1v) is 13.6. The molecule has 0 spiro atoms. The first kappa shape index (κ1) is 26.7. The van der Waals surface area contributed by atoms with Gasteiger partial charge in [-0.3, -0.25) is 4.40 Å². The molecule has 204 valence electrons. The van der Waals surface area contributed by atoms with Crippen molar-refractivity contribution in [1.29, 1.82) is 5.26 Å². The summed E-state index contributed by atoms with van der Waals surface area (Å²) in [5, 5.41) is 25.5. The lowest BCUT2D eigenvalue weighted by Crippen LogP contribution is -2.50. The van der Waals surface area contributed by atoms with E-state index >= 15 is 0 Å². The summed E-state index contributed by atoms with van der Waals surface area (Å²) in [6, 6.07) is 3.21. The molecule has 1 aliphatic carbocycles. The highest BCUT2D eigenvalue weighted by atomic mass is 32.2. The van der Waals surface area contributed by atoms with E-state index in [1.807, 2.05) is 6.07 Å². The fraction of sp³-hybridized carbons (Fsp3) is 0.524. The van der Waals surface area contributed by atoms with E-state index in [4.69, 9.17) is 0 Å². The summed E-state index contributed by atoms with van der Waals surface area (Å²) >= 11 is 0.567. The fourth-order valence-corrected chi connectivity index (χ4v) is 6.50. The van der Waals surface area contributed by atoms with Crippen LogP contribution in [0.4, 0.5) is 27.6 Å². The Kier molecular flexibility index (Phi) is 6.36. The summed E-state index contributed by atoms with van der Waals surface area (Å²) in [5.74, 6) is 0.0149. The van der Waals surface area contributed by atoms with Gasteiger partial charge in [-0.15, -0.1) is 10.2 Å². The van der Waals surface area contributed by atoms with Crippen molar-refractivity contribution in [3.05, 3.63) is 23.5 Å². The Labute approximate surface area is 216 Å². The lowest BCUT2D eigenvalue weighted by atomic mass is 9.78. The maximum atomic E-state index is 13.7. The van der Waals surface area contributed by atoms with Gasteiger partial charge in [-0.2, -0.15) is 23.2 Å². The van der Waals surface area contributed by atoms with Gasteiger partial charge < -0.3 is 10.0 Å². The zero-order valence-corrected chi connectivity index (χ0v) is 21.0. The topological polar surface area (TPSA) is 137 Å². The van der Waals surface area contributed by atoms with E-state index in [1.165, 1.54) is 22.9 Å². The van der Waals surface area contributed by atoms with Gasteiger partial charge in [0.1, 0.15) is 10.4 Å². The number of fused-ring (bicyclic) bond motifs is 1. The lowest BCUT2D eigenvalue weighted by Gasteiger charge is -2.42. The van der Waals surface area contributed by atoms with Crippen molar-refractivity contribution < 1.29 is 35.5 Å². The Hall–Kier alpha value is -2.94. The molecule has 0 unspecified atom stereocenters. The maximum absolute atomic E-state index is 13.7. The number of hydrogen-bond donors (Lipinski definition) is 2. The molecule has 2 N–H and O–H groups in total. The fourth-order valence-electron chi connectivity index (χ4n) is 4.41. The molecule has 3 aromatic heterocycles. The predicted molar refractivity (Wildman–Crippen MR) is 124 cm³/mol. The average Bonchev–Trinajstić information content (AvgIpc) is 3.26. The van der Waals surface area contributed by atoms with Gasteiger partial charge in [-0.05, 0) is 31.7 Å².